The molecule has 0 N–H and O–H groups in total. The first-order valence-electron chi connectivity index (χ1n) is 5.21. The van der Waals surface area contributed by atoms with Crippen LogP contribution in [-0.2, 0) is 0 Å². The summed E-state index contributed by atoms with van der Waals surface area (Å²) < 4.78 is 0. The molecule has 1 aromatic carbocycles. The Morgan fingerprint density at radius 3 is 2.43 bits per heavy atom. The molecule has 0 bridgehead atoms. The monoisotopic (exact) mass is 184 g/mol. The van der Waals surface area contributed by atoms with Crippen molar-refractivity contribution in [1.29, 1.82) is 0 Å². The Balaban J connectivity index is 2.41. The van der Waals surface area contributed by atoms with E-state index in [0.717, 1.165) is 0 Å². The highest BCUT2D eigenvalue weighted by Gasteiger charge is 2.09. The van der Waals surface area contributed by atoms with Crippen molar-refractivity contribution in [3.63, 3.8) is 0 Å². The maximum atomic E-state index is 2.36. The lowest BCUT2D eigenvalue weighted by Crippen LogP contribution is -1.95. The minimum Gasteiger partial charge on any atom is -0.0761 e. The lowest BCUT2D eigenvalue weighted by atomic mass is 9.89. The highest BCUT2D eigenvalue weighted by molar-refractivity contribution is 5.80. The maximum absolute atomic E-state index is 2.36. The fourth-order valence-electron chi connectivity index (χ4n) is 1.96. The van der Waals surface area contributed by atoms with Crippen LogP contribution < -0.4 is 0 Å². The largest absolute Gasteiger partial charge is 0.0761 e. The Morgan fingerprint density at radius 2 is 1.71 bits per heavy atom. The zero-order valence-corrected chi connectivity index (χ0v) is 8.88. The van der Waals surface area contributed by atoms with E-state index in [9.17, 15) is 0 Å². The molecule has 14 heavy (non-hydrogen) atoms. The summed E-state index contributed by atoms with van der Waals surface area (Å²) in [4.78, 5) is 0. The molecule has 2 rings (SSSR count). The van der Waals surface area contributed by atoms with E-state index in [1.807, 2.05) is 0 Å². The molecule has 0 amide bonds. The number of benzene rings is 1. The molecule has 1 aromatic rings. The Bertz CT molecular complexity index is 380. The van der Waals surface area contributed by atoms with Crippen molar-refractivity contribution in [2.24, 2.45) is 0 Å². The average molecular weight is 184 g/mol. The van der Waals surface area contributed by atoms with Gasteiger partial charge >= 0.3 is 0 Å². The standard InChI is InChI=1S/C14H16/c1-11-7-6-10-14(12(11)2)13-8-4-3-5-9-13/h3-5,8-10H,6-7H2,1-2H3. The molecule has 1 aliphatic rings. The van der Waals surface area contributed by atoms with Gasteiger partial charge in [0, 0.05) is 0 Å². The summed E-state index contributed by atoms with van der Waals surface area (Å²) in [6, 6.07) is 10.7. The molecule has 0 aliphatic heterocycles. The van der Waals surface area contributed by atoms with Crippen molar-refractivity contribution in [3.05, 3.63) is 53.1 Å². The molecule has 0 heteroatoms. The highest BCUT2D eigenvalue weighted by atomic mass is 14.1. The smallest absolute Gasteiger partial charge is 0.0185 e. The Hall–Kier alpha value is -1.30. The van der Waals surface area contributed by atoms with Crippen molar-refractivity contribution in [3.8, 4) is 0 Å². The molecule has 0 fully saturated rings. The van der Waals surface area contributed by atoms with Gasteiger partial charge in [-0.15, -0.1) is 0 Å². The normalized spacial score (nSPS) is 16.9. The second-order valence-corrected chi connectivity index (χ2v) is 3.93. The summed E-state index contributed by atoms with van der Waals surface area (Å²) in [5.74, 6) is 0. The van der Waals surface area contributed by atoms with Gasteiger partial charge in [-0.3, -0.25) is 0 Å². The first-order valence-corrected chi connectivity index (χ1v) is 5.21. The van der Waals surface area contributed by atoms with Gasteiger partial charge in [0.2, 0.25) is 0 Å². The topological polar surface area (TPSA) is 0 Å². The third kappa shape index (κ3) is 1.65. The van der Waals surface area contributed by atoms with Gasteiger partial charge in [-0.25, -0.2) is 0 Å². The summed E-state index contributed by atoms with van der Waals surface area (Å²) in [6.07, 6.45) is 4.77. The Morgan fingerprint density at radius 1 is 1.00 bits per heavy atom. The second kappa shape index (κ2) is 3.83. The zero-order chi connectivity index (χ0) is 9.97. The fraction of sp³-hybridized carbons (Fsp3) is 0.286. The summed E-state index contributed by atoms with van der Waals surface area (Å²) >= 11 is 0. The summed E-state index contributed by atoms with van der Waals surface area (Å²) in [5, 5.41) is 0. The Kier molecular flexibility index (Phi) is 2.53. The number of hydrogen-bond acceptors (Lipinski definition) is 0. The highest BCUT2D eigenvalue weighted by Crippen LogP contribution is 2.31. The van der Waals surface area contributed by atoms with E-state index in [4.69, 9.17) is 0 Å². The molecule has 0 spiro atoms. The van der Waals surface area contributed by atoms with E-state index >= 15 is 0 Å². The quantitative estimate of drug-likeness (QED) is 0.613. The van der Waals surface area contributed by atoms with E-state index in [2.05, 4.69) is 50.3 Å². The van der Waals surface area contributed by atoms with Crippen LogP contribution in [-0.4, -0.2) is 0 Å². The van der Waals surface area contributed by atoms with Gasteiger partial charge < -0.3 is 0 Å². The molecule has 0 saturated heterocycles. The molecule has 0 nitrogen and oxygen atoms in total. The first-order chi connectivity index (χ1) is 6.79. The lowest BCUT2D eigenvalue weighted by molar-refractivity contribution is 0.945. The SMILES string of the molecule is CC1=C(C)C(c2ccccc2)=CCC1. The predicted octanol–water partition coefficient (Wildman–Crippen LogP) is 4.20. The van der Waals surface area contributed by atoms with Crippen molar-refractivity contribution in [2.75, 3.05) is 0 Å². The van der Waals surface area contributed by atoms with E-state index in [1.165, 1.54) is 35.1 Å². The lowest BCUT2D eigenvalue weighted by Gasteiger charge is -2.17. The van der Waals surface area contributed by atoms with Crippen LogP contribution in [0.25, 0.3) is 5.57 Å². The molecule has 1 aliphatic carbocycles. The van der Waals surface area contributed by atoms with Gasteiger partial charge in [0.15, 0.2) is 0 Å². The van der Waals surface area contributed by atoms with Crippen LogP contribution in [0.5, 0.6) is 0 Å². The Labute approximate surface area is 86.0 Å². The van der Waals surface area contributed by atoms with Crippen LogP contribution in [0.15, 0.2) is 47.6 Å². The number of allylic oxidation sites excluding steroid dienone is 4. The van der Waals surface area contributed by atoms with E-state index in [-0.39, 0.29) is 0 Å². The van der Waals surface area contributed by atoms with Crippen LogP contribution in [0.1, 0.15) is 32.3 Å². The average Bonchev–Trinajstić information content (AvgIpc) is 2.23. The van der Waals surface area contributed by atoms with Gasteiger partial charge in [-0.05, 0) is 43.4 Å². The van der Waals surface area contributed by atoms with E-state index < -0.39 is 0 Å². The van der Waals surface area contributed by atoms with Crippen LogP contribution in [0.3, 0.4) is 0 Å². The van der Waals surface area contributed by atoms with Crippen molar-refractivity contribution in [2.45, 2.75) is 26.7 Å². The number of hydrogen-bond donors (Lipinski definition) is 0. The van der Waals surface area contributed by atoms with Gasteiger partial charge in [0.25, 0.3) is 0 Å². The van der Waals surface area contributed by atoms with Crippen LogP contribution in [0, 0.1) is 0 Å². The molecule has 0 unspecified atom stereocenters. The van der Waals surface area contributed by atoms with Gasteiger partial charge in [0.05, 0.1) is 0 Å². The van der Waals surface area contributed by atoms with Crippen LogP contribution in [0.4, 0.5) is 0 Å². The molecule has 0 aromatic heterocycles. The van der Waals surface area contributed by atoms with Crippen molar-refractivity contribution < 1.29 is 0 Å². The summed E-state index contributed by atoms with van der Waals surface area (Å²) in [5.41, 5.74) is 5.77. The van der Waals surface area contributed by atoms with E-state index in [1.54, 1.807) is 0 Å². The van der Waals surface area contributed by atoms with Crippen molar-refractivity contribution >= 4 is 5.57 Å². The minimum atomic E-state index is 1.19. The molecule has 0 saturated carbocycles. The molecule has 0 heterocycles. The minimum absolute atomic E-state index is 1.19. The molecule has 72 valence electrons. The van der Waals surface area contributed by atoms with Gasteiger partial charge in [-0.2, -0.15) is 0 Å². The van der Waals surface area contributed by atoms with Gasteiger partial charge in [-0.1, -0.05) is 42.0 Å². The third-order valence-corrected chi connectivity index (χ3v) is 3.00. The predicted molar refractivity (Wildman–Crippen MR) is 62.0 cm³/mol. The molecular formula is C14H16. The van der Waals surface area contributed by atoms with Crippen LogP contribution >= 0.6 is 0 Å². The zero-order valence-electron chi connectivity index (χ0n) is 8.88. The van der Waals surface area contributed by atoms with Crippen molar-refractivity contribution in [1.82, 2.24) is 0 Å². The summed E-state index contributed by atoms with van der Waals surface area (Å²) in [7, 11) is 0. The molecule has 0 atom stereocenters. The third-order valence-electron chi connectivity index (χ3n) is 3.00. The molecular weight excluding hydrogens is 168 g/mol. The fourth-order valence-corrected chi connectivity index (χ4v) is 1.96. The number of rotatable bonds is 1. The summed E-state index contributed by atoms with van der Waals surface area (Å²) in [6.45, 7) is 4.47. The van der Waals surface area contributed by atoms with Gasteiger partial charge in [0.1, 0.15) is 0 Å². The second-order valence-electron chi connectivity index (χ2n) is 3.93. The molecule has 0 radical (unpaired) electrons. The maximum Gasteiger partial charge on any atom is -0.0185 e. The van der Waals surface area contributed by atoms with E-state index in [0.29, 0.717) is 0 Å². The van der Waals surface area contributed by atoms with Crippen LogP contribution in [0.2, 0.25) is 0 Å². The first kappa shape index (κ1) is 9.26.